The number of nitrogens with one attached hydrogen (secondary N) is 2. The maximum atomic E-state index is 12.2. The maximum Gasteiger partial charge on any atom is 0.257 e. The number of benzene rings is 2. The van der Waals surface area contributed by atoms with Crippen LogP contribution in [0.2, 0.25) is 5.02 Å². The van der Waals surface area contributed by atoms with Gasteiger partial charge in [0, 0.05) is 16.0 Å². The number of hydrogen-bond donors (Lipinski definition) is 2. The molecule has 1 atom stereocenters. The summed E-state index contributed by atoms with van der Waals surface area (Å²) in [6, 6.07) is 16.3. The van der Waals surface area contributed by atoms with E-state index in [2.05, 4.69) is 15.6 Å². The average Bonchev–Trinajstić information content (AvgIpc) is 3.09. The Morgan fingerprint density at radius 1 is 1.11 bits per heavy atom. The van der Waals surface area contributed by atoms with Crippen molar-refractivity contribution in [1.82, 2.24) is 10.3 Å². The molecule has 2 N–H and O–H groups in total. The molecule has 138 valence electrons. The predicted molar refractivity (Wildman–Crippen MR) is 108 cm³/mol. The van der Waals surface area contributed by atoms with Crippen molar-refractivity contribution in [2.24, 2.45) is 0 Å². The number of aromatic nitrogens is 1. The molecule has 0 aliphatic heterocycles. The van der Waals surface area contributed by atoms with E-state index < -0.39 is 0 Å². The highest BCUT2D eigenvalue weighted by molar-refractivity contribution is 7.14. The number of hydrogen-bond acceptors (Lipinski definition) is 4. The first-order valence-electron chi connectivity index (χ1n) is 8.37. The molecule has 27 heavy (non-hydrogen) atoms. The van der Waals surface area contributed by atoms with Gasteiger partial charge in [0.15, 0.2) is 5.13 Å². The summed E-state index contributed by atoms with van der Waals surface area (Å²) in [7, 11) is 0. The molecule has 3 rings (SSSR count). The van der Waals surface area contributed by atoms with E-state index in [9.17, 15) is 9.59 Å². The quantitative estimate of drug-likeness (QED) is 0.642. The zero-order valence-electron chi connectivity index (χ0n) is 14.6. The highest BCUT2D eigenvalue weighted by Crippen LogP contribution is 2.18. The second-order valence-corrected chi connectivity index (χ2v) is 7.28. The van der Waals surface area contributed by atoms with Gasteiger partial charge in [-0.1, -0.05) is 41.9 Å². The number of nitrogens with zero attached hydrogens (tertiary/aromatic N) is 1. The maximum absolute atomic E-state index is 12.2. The van der Waals surface area contributed by atoms with Crippen LogP contribution in [-0.2, 0) is 11.2 Å². The van der Waals surface area contributed by atoms with E-state index in [1.165, 1.54) is 11.3 Å². The first-order chi connectivity index (χ1) is 13.0. The fourth-order valence-corrected chi connectivity index (χ4v) is 3.33. The Labute approximate surface area is 166 Å². The molecular formula is C20H18ClN3O2S. The van der Waals surface area contributed by atoms with E-state index in [0.717, 1.165) is 5.56 Å². The standard InChI is InChI=1S/C20H18ClN3O2S/c1-13(14-5-3-2-4-6-14)22-18(25)11-17-12-27-20(23-17)24-19(26)15-7-9-16(21)10-8-15/h2-10,12-13H,11H2,1H3,(H,22,25)(H,23,24,26). The van der Waals surface area contributed by atoms with Crippen molar-refractivity contribution >= 4 is 39.9 Å². The molecule has 0 saturated carbocycles. The van der Waals surface area contributed by atoms with E-state index in [4.69, 9.17) is 11.6 Å². The smallest absolute Gasteiger partial charge is 0.257 e. The van der Waals surface area contributed by atoms with Gasteiger partial charge in [-0.05, 0) is 36.8 Å². The summed E-state index contributed by atoms with van der Waals surface area (Å²) in [6.07, 6.45) is 0.157. The van der Waals surface area contributed by atoms with Crippen LogP contribution in [0.1, 0.15) is 34.6 Å². The fraction of sp³-hybridized carbons (Fsp3) is 0.150. The van der Waals surface area contributed by atoms with Gasteiger partial charge in [0.25, 0.3) is 5.91 Å². The van der Waals surface area contributed by atoms with Gasteiger partial charge in [-0.2, -0.15) is 0 Å². The Hall–Kier alpha value is -2.70. The van der Waals surface area contributed by atoms with Crippen LogP contribution in [0.15, 0.2) is 60.0 Å². The number of anilines is 1. The van der Waals surface area contributed by atoms with Crippen molar-refractivity contribution in [1.29, 1.82) is 0 Å². The largest absolute Gasteiger partial charge is 0.349 e. The summed E-state index contributed by atoms with van der Waals surface area (Å²) >= 11 is 7.11. The van der Waals surface area contributed by atoms with Gasteiger partial charge >= 0.3 is 0 Å². The van der Waals surface area contributed by atoms with Crippen molar-refractivity contribution in [3.63, 3.8) is 0 Å². The minimum absolute atomic E-state index is 0.0820. The van der Waals surface area contributed by atoms with Gasteiger partial charge in [-0.15, -0.1) is 11.3 Å². The minimum Gasteiger partial charge on any atom is -0.349 e. The van der Waals surface area contributed by atoms with E-state index in [0.29, 0.717) is 21.4 Å². The van der Waals surface area contributed by atoms with E-state index in [1.807, 2.05) is 37.3 Å². The first-order valence-corrected chi connectivity index (χ1v) is 9.62. The second kappa shape index (κ2) is 8.79. The van der Waals surface area contributed by atoms with Crippen LogP contribution in [0.3, 0.4) is 0 Å². The lowest BCUT2D eigenvalue weighted by Gasteiger charge is -2.13. The summed E-state index contributed by atoms with van der Waals surface area (Å²) in [5.74, 6) is -0.387. The molecule has 2 amide bonds. The Kier molecular flexibility index (Phi) is 6.21. The Morgan fingerprint density at radius 2 is 1.81 bits per heavy atom. The average molecular weight is 400 g/mol. The lowest BCUT2D eigenvalue weighted by molar-refractivity contribution is -0.121. The number of carbonyl (C=O) groups excluding carboxylic acids is 2. The molecule has 0 bridgehead atoms. The van der Waals surface area contributed by atoms with Gasteiger partial charge in [0.2, 0.25) is 5.91 Å². The first kappa shape index (κ1) is 19.1. The SMILES string of the molecule is CC(NC(=O)Cc1csc(NC(=O)c2ccc(Cl)cc2)n1)c1ccccc1. The summed E-state index contributed by atoms with van der Waals surface area (Å²) in [6.45, 7) is 1.94. The molecule has 7 heteroatoms. The topological polar surface area (TPSA) is 71.1 Å². The zero-order valence-corrected chi connectivity index (χ0v) is 16.2. The lowest BCUT2D eigenvalue weighted by atomic mass is 10.1. The molecule has 0 aliphatic rings. The van der Waals surface area contributed by atoms with Gasteiger partial charge in [-0.3, -0.25) is 14.9 Å². The molecule has 3 aromatic rings. The van der Waals surface area contributed by atoms with E-state index in [-0.39, 0.29) is 24.3 Å². The molecule has 1 heterocycles. The second-order valence-electron chi connectivity index (χ2n) is 5.98. The minimum atomic E-state index is -0.269. The van der Waals surface area contributed by atoms with Crippen LogP contribution < -0.4 is 10.6 Å². The Bertz CT molecular complexity index is 926. The number of halogens is 1. The highest BCUT2D eigenvalue weighted by Gasteiger charge is 2.13. The van der Waals surface area contributed by atoms with Gasteiger partial charge in [-0.25, -0.2) is 4.98 Å². The van der Waals surface area contributed by atoms with Crippen molar-refractivity contribution in [3.8, 4) is 0 Å². The molecule has 0 radical (unpaired) electrons. The van der Waals surface area contributed by atoms with E-state index in [1.54, 1.807) is 29.6 Å². The number of amides is 2. The molecule has 0 fully saturated rings. The van der Waals surface area contributed by atoms with E-state index >= 15 is 0 Å². The van der Waals surface area contributed by atoms with Crippen molar-refractivity contribution in [2.45, 2.75) is 19.4 Å². The normalized spacial score (nSPS) is 11.6. The van der Waals surface area contributed by atoms with Crippen LogP contribution in [0, 0.1) is 0 Å². The number of thiazole rings is 1. The Balaban J connectivity index is 1.55. The molecule has 0 spiro atoms. The molecular weight excluding hydrogens is 382 g/mol. The molecule has 5 nitrogen and oxygen atoms in total. The lowest BCUT2D eigenvalue weighted by Crippen LogP contribution is -2.28. The summed E-state index contributed by atoms with van der Waals surface area (Å²) in [4.78, 5) is 28.7. The molecule has 1 unspecified atom stereocenters. The van der Waals surface area contributed by atoms with Crippen LogP contribution in [0.5, 0.6) is 0 Å². The zero-order chi connectivity index (χ0) is 19.2. The van der Waals surface area contributed by atoms with Crippen LogP contribution in [0.25, 0.3) is 0 Å². The summed E-state index contributed by atoms with van der Waals surface area (Å²) in [5.41, 5.74) is 2.15. The third kappa shape index (κ3) is 5.39. The molecule has 0 aliphatic carbocycles. The predicted octanol–water partition coefficient (Wildman–Crippen LogP) is 4.47. The third-order valence-electron chi connectivity index (χ3n) is 3.90. The van der Waals surface area contributed by atoms with Gasteiger partial charge in [0.05, 0.1) is 18.2 Å². The van der Waals surface area contributed by atoms with Gasteiger partial charge < -0.3 is 5.32 Å². The molecule has 1 aromatic heterocycles. The third-order valence-corrected chi connectivity index (χ3v) is 4.96. The van der Waals surface area contributed by atoms with Crippen LogP contribution >= 0.6 is 22.9 Å². The number of carbonyl (C=O) groups is 2. The molecule has 2 aromatic carbocycles. The van der Waals surface area contributed by atoms with Crippen molar-refractivity contribution in [3.05, 3.63) is 81.8 Å². The highest BCUT2D eigenvalue weighted by atomic mass is 35.5. The number of rotatable bonds is 6. The summed E-state index contributed by atoms with van der Waals surface area (Å²) in [5, 5.41) is 8.47. The molecule has 0 saturated heterocycles. The summed E-state index contributed by atoms with van der Waals surface area (Å²) < 4.78 is 0. The van der Waals surface area contributed by atoms with Crippen molar-refractivity contribution < 1.29 is 9.59 Å². The van der Waals surface area contributed by atoms with Gasteiger partial charge in [0.1, 0.15) is 0 Å². The monoisotopic (exact) mass is 399 g/mol. The van der Waals surface area contributed by atoms with Crippen LogP contribution in [0.4, 0.5) is 5.13 Å². The Morgan fingerprint density at radius 3 is 2.52 bits per heavy atom. The fourth-order valence-electron chi connectivity index (χ4n) is 2.50. The van der Waals surface area contributed by atoms with Crippen LogP contribution in [-0.4, -0.2) is 16.8 Å². The van der Waals surface area contributed by atoms with Crippen molar-refractivity contribution in [2.75, 3.05) is 5.32 Å².